The number of anilines is 1. The fourth-order valence-electron chi connectivity index (χ4n) is 3.14. The highest BCUT2D eigenvalue weighted by molar-refractivity contribution is 5.94. The van der Waals surface area contributed by atoms with Crippen LogP contribution < -0.4 is 4.90 Å². The monoisotopic (exact) mass is 311 g/mol. The van der Waals surface area contributed by atoms with E-state index >= 15 is 0 Å². The van der Waals surface area contributed by atoms with Crippen LogP contribution in [-0.2, 0) is 24.7 Å². The summed E-state index contributed by atoms with van der Waals surface area (Å²) < 4.78 is 1.75. The van der Waals surface area contributed by atoms with Gasteiger partial charge < -0.3 is 0 Å². The van der Waals surface area contributed by atoms with E-state index in [0.29, 0.717) is 5.92 Å². The van der Waals surface area contributed by atoms with Crippen molar-refractivity contribution >= 4 is 11.7 Å². The van der Waals surface area contributed by atoms with E-state index in [1.54, 1.807) is 10.9 Å². The number of carbonyl (C=O) groups excluding carboxylic acids is 1. The largest absolute Gasteiger partial charge is 0.296 e. The van der Waals surface area contributed by atoms with Crippen LogP contribution in [0.2, 0.25) is 0 Å². The van der Waals surface area contributed by atoms with Crippen LogP contribution in [0.1, 0.15) is 48.8 Å². The highest BCUT2D eigenvalue weighted by Crippen LogP contribution is 2.38. The Labute approximate surface area is 135 Å². The van der Waals surface area contributed by atoms with Crippen molar-refractivity contribution in [1.29, 1.82) is 0 Å². The van der Waals surface area contributed by atoms with Gasteiger partial charge in [0.25, 0.3) is 0 Å². The lowest BCUT2D eigenvalue weighted by Crippen LogP contribution is -2.34. The normalized spacial score (nSPS) is 17.7. The van der Waals surface area contributed by atoms with Crippen LogP contribution in [0.15, 0.2) is 18.3 Å². The lowest BCUT2D eigenvalue weighted by molar-refractivity contribution is -0.118. The number of aryl methyl sites for hydroxylation is 2. The predicted octanol–water partition coefficient (Wildman–Crippen LogP) is 2.00. The van der Waals surface area contributed by atoms with E-state index in [4.69, 9.17) is 0 Å². The van der Waals surface area contributed by atoms with E-state index in [-0.39, 0.29) is 12.3 Å². The molecular weight excluding hydrogens is 290 g/mol. The number of hydrogen-bond donors (Lipinski definition) is 0. The molecule has 1 fully saturated rings. The topological polar surface area (TPSA) is 63.9 Å². The van der Waals surface area contributed by atoms with Crippen LogP contribution in [0.4, 0.5) is 5.82 Å². The molecule has 0 N–H and O–H groups in total. The van der Waals surface area contributed by atoms with Gasteiger partial charge in [0, 0.05) is 25.7 Å². The molecule has 0 bridgehead atoms. The molecule has 0 spiro atoms. The molecule has 2 aromatic heterocycles. The first kappa shape index (κ1) is 14.4. The summed E-state index contributed by atoms with van der Waals surface area (Å²) in [5, 5.41) is 4.45. The first-order valence-electron chi connectivity index (χ1n) is 8.36. The van der Waals surface area contributed by atoms with E-state index in [9.17, 15) is 4.79 Å². The third-order valence-electron chi connectivity index (χ3n) is 4.62. The van der Waals surface area contributed by atoms with E-state index in [1.165, 1.54) is 12.8 Å². The summed E-state index contributed by atoms with van der Waals surface area (Å²) in [7, 11) is 1.87. The molecule has 1 aliphatic carbocycles. The lowest BCUT2D eigenvalue weighted by Gasteiger charge is -2.21. The number of amides is 1. The highest BCUT2D eigenvalue weighted by atomic mass is 16.2. The van der Waals surface area contributed by atoms with Gasteiger partial charge in [-0.1, -0.05) is 6.07 Å². The van der Waals surface area contributed by atoms with Crippen LogP contribution in [0.3, 0.4) is 0 Å². The first-order valence-corrected chi connectivity index (χ1v) is 8.36. The molecule has 1 saturated carbocycles. The Morgan fingerprint density at radius 1 is 1.35 bits per heavy atom. The van der Waals surface area contributed by atoms with Gasteiger partial charge in [0.05, 0.1) is 6.42 Å². The van der Waals surface area contributed by atoms with Crippen LogP contribution in [0, 0.1) is 0 Å². The van der Waals surface area contributed by atoms with Crippen molar-refractivity contribution in [2.75, 3.05) is 11.4 Å². The molecule has 0 unspecified atom stereocenters. The third-order valence-corrected chi connectivity index (χ3v) is 4.62. The Balaban J connectivity index is 1.57. The van der Waals surface area contributed by atoms with E-state index in [1.807, 2.05) is 18.0 Å². The Hall–Kier alpha value is -2.24. The lowest BCUT2D eigenvalue weighted by atomic mass is 10.1. The summed E-state index contributed by atoms with van der Waals surface area (Å²) >= 11 is 0. The smallest absolute Gasteiger partial charge is 0.235 e. The molecule has 2 aliphatic rings. The molecule has 23 heavy (non-hydrogen) atoms. The average molecular weight is 311 g/mol. The first-order chi connectivity index (χ1) is 11.2. The van der Waals surface area contributed by atoms with E-state index in [2.05, 4.69) is 21.1 Å². The van der Waals surface area contributed by atoms with Crippen molar-refractivity contribution in [2.45, 2.75) is 44.4 Å². The molecule has 1 aliphatic heterocycles. The molecule has 2 aromatic rings. The van der Waals surface area contributed by atoms with Crippen molar-refractivity contribution in [3.8, 4) is 0 Å². The molecule has 6 heteroatoms. The highest BCUT2D eigenvalue weighted by Gasteiger charge is 2.29. The molecule has 0 saturated heterocycles. The van der Waals surface area contributed by atoms with Gasteiger partial charge in [0.1, 0.15) is 11.6 Å². The van der Waals surface area contributed by atoms with Gasteiger partial charge in [-0.3, -0.25) is 14.4 Å². The number of fused-ring (bicyclic) bond motifs is 1. The summed E-state index contributed by atoms with van der Waals surface area (Å²) in [5.74, 6) is 3.03. The molecule has 0 atom stereocenters. The van der Waals surface area contributed by atoms with Crippen LogP contribution in [0.25, 0.3) is 0 Å². The van der Waals surface area contributed by atoms with Crippen molar-refractivity contribution in [3.05, 3.63) is 35.5 Å². The second kappa shape index (κ2) is 5.76. The fraction of sp³-hybridized carbons (Fsp3) is 0.529. The number of aromatic nitrogens is 4. The van der Waals surface area contributed by atoms with Crippen LogP contribution in [-0.4, -0.2) is 32.2 Å². The SMILES string of the molecule is Cn1nc(C2CC2)nc1CC(=O)N1CCCCc2cccnc21. The molecule has 1 amide bonds. The van der Waals surface area contributed by atoms with Crippen molar-refractivity contribution < 1.29 is 4.79 Å². The fourth-order valence-corrected chi connectivity index (χ4v) is 3.14. The Kier molecular flexibility index (Phi) is 3.59. The zero-order valence-electron chi connectivity index (χ0n) is 13.4. The van der Waals surface area contributed by atoms with Gasteiger partial charge in [-0.05, 0) is 43.7 Å². The van der Waals surface area contributed by atoms with Gasteiger partial charge >= 0.3 is 0 Å². The van der Waals surface area contributed by atoms with E-state index < -0.39 is 0 Å². The Morgan fingerprint density at radius 2 is 2.22 bits per heavy atom. The van der Waals surface area contributed by atoms with Gasteiger partial charge in [-0.25, -0.2) is 9.97 Å². The summed E-state index contributed by atoms with van der Waals surface area (Å²) in [5.41, 5.74) is 1.16. The van der Waals surface area contributed by atoms with E-state index in [0.717, 1.165) is 48.8 Å². The minimum Gasteiger partial charge on any atom is -0.296 e. The second-order valence-corrected chi connectivity index (χ2v) is 6.45. The molecule has 3 heterocycles. The Bertz CT molecular complexity index is 734. The summed E-state index contributed by atoms with van der Waals surface area (Å²) in [6.07, 6.45) is 7.47. The van der Waals surface area contributed by atoms with Gasteiger partial charge in [0.15, 0.2) is 5.82 Å². The third kappa shape index (κ3) is 2.85. The quantitative estimate of drug-likeness (QED) is 0.869. The van der Waals surface area contributed by atoms with Crippen molar-refractivity contribution in [2.24, 2.45) is 7.05 Å². The number of pyridine rings is 1. The molecule has 0 radical (unpaired) electrons. The molecule has 120 valence electrons. The molecular formula is C17H21N5O. The second-order valence-electron chi connectivity index (χ2n) is 6.45. The number of rotatable bonds is 3. The Morgan fingerprint density at radius 3 is 3.04 bits per heavy atom. The maximum Gasteiger partial charge on any atom is 0.235 e. The number of hydrogen-bond acceptors (Lipinski definition) is 4. The minimum atomic E-state index is 0.0599. The average Bonchev–Trinajstić information content (AvgIpc) is 3.35. The van der Waals surface area contributed by atoms with Crippen molar-refractivity contribution in [1.82, 2.24) is 19.7 Å². The van der Waals surface area contributed by atoms with Crippen LogP contribution >= 0.6 is 0 Å². The van der Waals surface area contributed by atoms with Gasteiger partial charge in [-0.2, -0.15) is 5.10 Å². The standard InChI is InChI=1S/C17H21N5O/c1-21-14(19-16(20-21)12-7-8-12)11-15(23)22-10-3-2-5-13-6-4-9-18-17(13)22/h4,6,9,12H,2-3,5,7-8,10-11H2,1H3. The van der Waals surface area contributed by atoms with Crippen LogP contribution in [0.5, 0.6) is 0 Å². The summed E-state index contributed by atoms with van der Waals surface area (Å²) in [6.45, 7) is 0.732. The number of nitrogens with zero attached hydrogens (tertiary/aromatic N) is 5. The maximum absolute atomic E-state index is 12.8. The zero-order chi connectivity index (χ0) is 15.8. The van der Waals surface area contributed by atoms with Gasteiger partial charge in [-0.15, -0.1) is 0 Å². The molecule has 4 rings (SSSR count). The number of carbonyl (C=O) groups is 1. The minimum absolute atomic E-state index is 0.0599. The molecule has 0 aromatic carbocycles. The van der Waals surface area contributed by atoms with Gasteiger partial charge in [0.2, 0.25) is 5.91 Å². The maximum atomic E-state index is 12.8. The zero-order valence-corrected chi connectivity index (χ0v) is 13.4. The summed E-state index contributed by atoms with van der Waals surface area (Å²) in [6, 6.07) is 4.01. The summed E-state index contributed by atoms with van der Waals surface area (Å²) in [4.78, 5) is 23.7. The molecule has 6 nitrogen and oxygen atoms in total. The van der Waals surface area contributed by atoms with Crippen molar-refractivity contribution in [3.63, 3.8) is 0 Å². The predicted molar refractivity (Wildman–Crippen MR) is 86.2 cm³/mol.